The Bertz CT molecular complexity index is 544. The minimum atomic E-state index is 0.689. The molecule has 0 heterocycles. The maximum Gasteiger partial charge on any atom is 0.150 e. The third-order valence-electron chi connectivity index (χ3n) is 2.73. The number of benzene rings is 2. The average Bonchev–Trinajstić information content (AvgIpc) is 2.38. The largest absolute Gasteiger partial charge is 0.496 e. The topological polar surface area (TPSA) is 26.3 Å². The van der Waals surface area contributed by atoms with Gasteiger partial charge in [0.25, 0.3) is 0 Å². The summed E-state index contributed by atoms with van der Waals surface area (Å²) < 4.78 is 5.31. The smallest absolute Gasteiger partial charge is 0.150 e. The molecule has 2 aromatic carbocycles. The molecule has 0 saturated heterocycles. The van der Waals surface area contributed by atoms with Crippen LogP contribution in [0.5, 0.6) is 5.75 Å². The lowest BCUT2D eigenvalue weighted by Gasteiger charge is -2.10. The molecular weight excluding hydrogens is 212 g/mol. The van der Waals surface area contributed by atoms with Crippen molar-refractivity contribution in [3.8, 4) is 16.9 Å². The van der Waals surface area contributed by atoms with Crippen molar-refractivity contribution in [3.63, 3.8) is 0 Å². The van der Waals surface area contributed by atoms with E-state index in [9.17, 15) is 4.79 Å². The minimum Gasteiger partial charge on any atom is -0.496 e. The molecule has 0 saturated carbocycles. The number of hydrogen-bond donors (Lipinski definition) is 0. The standard InChI is InChI=1S/C15H14O2/c1-11-7-8-13(12(9-11)10-16)14-5-3-4-6-15(14)17-2/h3-10H,1-2H3. The lowest BCUT2D eigenvalue weighted by atomic mass is 9.98. The van der Waals surface area contributed by atoms with Crippen molar-refractivity contribution in [1.29, 1.82) is 0 Å². The number of hydrogen-bond acceptors (Lipinski definition) is 2. The first-order valence-corrected chi connectivity index (χ1v) is 5.45. The molecule has 0 N–H and O–H groups in total. The molecule has 0 fully saturated rings. The molecule has 0 radical (unpaired) electrons. The fourth-order valence-electron chi connectivity index (χ4n) is 1.89. The molecule has 2 aromatic rings. The van der Waals surface area contributed by atoms with E-state index in [1.807, 2.05) is 49.4 Å². The highest BCUT2D eigenvalue weighted by atomic mass is 16.5. The molecule has 2 rings (SSSR count). The molecular formula is C15H14O2. The summed E-state index contributed by atoms with van der Waals surface area (Å²) in [6.45, 7) is 1.97. The van der Waals surface area contributed by atoms with Crippen molar-refractivity contribution >= 4 is 6.29 Å². The van der Waals surface area contributed by atoms with Gasteiger partial charge in [-0.25, -0.2) is 0 Å². The Balaban J connectivity index is 2.63. The van der Waals surface area contributed by atoms with Crippen molar-refractivity contribution < 1.29 is 9.53 Å². The molecule has 0 atom stereocenters. The highest BCUT2D eigenvalue weighted by molar-refractivity contribution is 5.89. The van der Waals surface area contributed by atoms with Gasteiger partial charge in [-0.15, -0.1) is 0 Å². The number of methoxy groups -OCH3 is 1. The second-order valence-electron chi connectivity index (χ2n) is 3.91. The molecule has 2 nitrogen and oxygen atoms in total. The SMILES string of the molecule is COc1ccccc1-c1ccc(C)cc1C=O. The van der Waals surface area contributed by atoms with Gasteiger partial charge in [0.2, 0.25) is 0 Å². The number of aryl methyl sites for hydroxylation is 1. The zero-order chi connectivity index (χ0) is 12.3. The van der Waals surface area contributed by atoms with Crippen LogP contribution in [-0.4, -0.2) is 13.4 Å². The van der Waals surface area contributed by atoms with E-state index >= 15 is 0 Å². The number of carbonyl (C=O) groups excluding carboxylic acids is 1. The van der Waals surface area contributed by atoms with Gasteiger partial charge in [0.15, 0.2) is 6.29 Å². The molecule has 0 spiro atoms. The Morgan fingerprint density at radius 1 is 1.06 bits per heavy atom. The van der Waals surface area contributed by atoms with E-state index in [1.54, 1.807) is 7.11 Å². The maximum absolute atomic E-state index is 11.1. The van der Waals surface area contributed by atoms with E-state index in [-0.39, 0.29) is 0 Å². The Kier molecular flexibility index (Phi) is 3.24. The average molecular weight is 226 g/mol. The van der Waals surface area contributed by atoms with E-state index < -0.39 is 0 Å². The van der Waals surface area contributed by atoms with Gasteiger partial charge in [0, 0.05) is 11.1 Å². The van der Waals surface area contributed by atoms with Gasteiger partial charge in [0.1, 0.15) is 5.75 Å². The van der Waals surface area contributed by atoms with Crippen LogP contribution in [0.2, 0.25) is 0 Å². The summed E-state index contributed by atoms with van der Waals surface area (Å²) in [4.78, 5) is 11.1. The zero-order valence-corrected chi connectivity index (χ0v) is 9.94. The van der Waals surface area contributed by atoms with Gasteiger partial charge < -0.3 is 4.74 Å². The molecule has 17 heavy (non-hydrogen) atoms. The first kappa shape index (κ1) is 11.4. The van der Waals surface area contributed by atoms with Gasteiger partial charge in [-0.1, -0.05) is 35.9 Å². The van der Waals surface area contributed by atoms with Crippen LogP contribution in [0.1, 0.15) is 15.9 Å². The summed E-state index contributed by atoms with van der Waals surface area (Å²) in [6.07, 6.45) is 0.884. The third kappa shape index (κ3) is 2.21. The molecule has 0 aliphatic rings. The number of ether oxygens (including phenoxy) is 1. The van der Waals surface area contributed by atoms with E-state index in [0.717, 1.165) is 28.7 Å². The first-order chi connectivity index (χ1) is 8.26. The van der Waals surface area contributed by atoms with Crippen molar-refractivity contribution in [2.45, 2.75) is 6.92 Å². The Hall–Kier alpha value is -2.09. The number of rotatable bonds is 3. The summed E-state index contributed by atoms with van der Waals surface area (Å²) >= 11 is 0. The van der Waals surface area contributed by atoms with Crippen LogP contribution in [-0.2, 0) is 0 Å². The fraction of sp³-hybridized carbons (Fsp3) is 0.133. The number of aldehydes is 1. The molecule has 0 aliphatic carbocycles. The van der Waals surface area contributed by atoms with Gasteiger partial charge in [-0.05, 0) is 24.6 Å². The number of carbonyl (C=O) groups is 1. The van der Waals surface area contributed by atoms with E-state index in [2.05, 4.69) is 0 Å². The summed E-state index contributed by atoms with van der Waals surface area (Å²) in [7, 11) is 1.63. The van der Waals surface area contributed by atoms with Crippen LogP contribution in [0, 0.1) is 6.92 Å². The monoisotopic (exact) mass is 226 g/mol. The second-order valence-corrected chi connectivity index (χ2v) is 3.91. The molecule has 0 aliphatic heterocycles. The fourth-order valence-corrected chi connectivity index (χ4v) is 1.89. The first-order valence-electron chi connectivity index (χ1n) is 5.45. The predicted octanol–water partition coefficient (Wildman–Crippen LogP) is 3.48. The summed E-state index contributed by atoms with van der Waals surface area (Å²) in [6, 6.07) is 13.5. The third-order valence-corrected chi connectivity index (χ3v) is 2.73. The van der Waals surface area contributed by atoms with Crippen LogP contribution in [0.25, 0.3) is 11.1 Å². The van der Waals surface area contributed by atoms with Gasteiger partial charge >= 0.3 is 0 Å². The van der Waals surface area contributed by atoms with Crippen LogP contribution in [0.15, 0.2) is 42.5 Å². The Morgan fingerprint density at radius 2 is 1.82 bits per heavy atom. The minimum absolute atomic E-state index is 0.689. The molecule has 0 amide bonds. The van der Waals surface area contributed by atoms with E-state index in [4.69, 9.17) is 4.74 Å². The lowest BCUT2D eigenvalue weighted by molar-refractivity contribution is 0.112. The van der Waals surface area contributed by atoms with E-state index in [0.29, 0.717) is 5.56 Å². The second kappa shape index (κ2) is 4.83. The normalized spacial score (nSPS) is 10.0. The quantitative estimate of drug-likeness (QED) is 0.749. The van der Waals surface area contributed by atoms with Crippen LogP contribution < -0.4 is 4.74 Å². The van der Waals surface area contributed by atoms with E-state index in [1.165, 1.54) is 0 Å². The molecule has 86 valence electrons. The summed E-state index contributed by atoms with van der Waals surface area (Å²) in [5.74, 6) is 0.777. The predicted molar refractivity (Wildman–Crippen MR) is 68.6 cm³/mol. The van der Waals surface area contributed by atoms with Crippen molar-refractivity contribution in [3.05, 3.63) is 53.6 Å². The Labute approximate surface area is 101 Å². The van der Waals surface area contributed by atoms with Crippen LogP contribution in [0.4, 0.5) is 0 Å². The maximum atomic E-state index is 11.1. The lowest BCUT2D eigenvalue weighted by Crippen LogP contribution is -1.92. The van der Waals surface area contributed by atoms with Gasteiger partial charge in [-0.3, -0.25) is 4.79 Å². The van der Waals surface area contributed by atoms with Gasteiger partial charge in [-0.2, -0.15) is 0 Å². The van der Waals surface area contributed by atoms with Crippen molar-refractivity contribution in [2.75, 3.05) is 7.11 Å². The summed E-state index contributed by atoms with van der Waals surface area (Å²) in [5, 5.41) is 0. The highest BCUT2D eigenvalue weighted by Crippen LogP contribution is 2.31. The summed E-state index contributed by atoms with van der Waals surface area (Å²) in [5.41, 5.74) is 3.61. The van der Waals surface area contributed by atoms with Gasteiger partial charge in [0.05, 0.1) is 7.11 Å². The highest BCUT2D eigenvalue weighted by Gasteiger charge is 2.09. The Morgan fingerprint density at radius 3 is 2.53 bits per heavy atom. The van der Waals surface area contributed by atoms with Crippen molar-refractivity contribution in [1.82, 2.24) is 0 Å². The van der Waals surface area contributed by atoms with Crippen LogP contribution in [0.3, 0.4) is 0 Å². The number of para-hydroxylation sites is 1. The zero-order valence-electron chi connectivity index (χ0n) is 9.94. The van der Waals surface area contributed by atoms with Crippen LogP contribution >= 0.6 is 0 Å². The van der Waals surface area contributed by atoms with Crippen molar-refractivity contribution in [2.24, 2.45) is 0 Å². The molecule has 0 aromatic heterocycles. The molecule has 0 unspecified atom stereocenters. The molecule has 2 heteroatoms. The molecule has 0 bridgehead atoms.